The lowest BCUT2D eigenvalue weighted by Gasteiger charge is -2.22. The molecule has 0 saturated heterocycles. The third kappa shape index (κ3) is 8.53. The minimum atomic E-state index is -0.292. The fraction of sp³-hybridized carbons (Fsp3) is 0.500. The maximum Gasteiger partial charge on any atom is 0.272 e. The third-order valence-electron chi connectivity index (χ3n) is 2.65. The molecule has 0 N–H and O–H groups in total. The average Bonchev–Trinajstić information content (AvgIpc) is 2.36. The minimum Gasteiger partial charge on any atom is -0.375 e. The Kier molecular flexibility index (Phi) is 9.34. The highest BCUT2D eigenvalue weighted by Crippen LogP contribution is 2.33. The van der Waals surface area contributed by atoms with Crippen LogP contribution in [0.4, 0.5) is 5.69 Å². The van der Waals surface area contributed by atoms with Gasteiger partial charge in [-0.3, -0.25) is 0 Å². The van der Waals surface area contributed by atoms with Crippen molar-refractivity contribution >= 4 is 53.1 Å². The average molecular weight is 388 g/mol. The Balaban J connectivity index is 0.000000446. The number of anilines is 1. The molecule has 5 nitrogen and oxygen atoms in total. The molecule has 0 spiro atoms. The van der Waals surface area contributed by atoms with Crippen LogP contribution in [0.25, 0.3) is 11.1 Å². The zero-order valence-corrected chi connectivity index (χ0v) is 17.1. The van der Waals surface area contributed by atoms with Crippen molar-refractivity contribution in [1.82, 2.24) is 0 Å². The number of hydrogen-bond donors (Lipinski definition) is 0. The Morgan fingerprint density at radius 2 is 1.33 bits per heavy atom. The number of benzene rings is 1. The standard InChI is InChI=1S/C8H9Cl2N.C8H14N4S/c1-11(2)8-6(9)4-3-5-7(8)10;1-7(2,5-11-9)13-8(3,4)6-12-10/h3-5H,1-2H3;5-6H,1-4H3. The van der Waals surface area contributed by atoms with Gasteiger partial charge in [0.2, 0.25) is 0 Å². The molecule has 0 amide bonds. The van der Waals surface area contributed by atoms with Crippen LogP contribution in [0.5, 0.6) is 0 Å². The first-order chi connectivity index (χ1) is 11.0. The number of nitrogens with zero attached hydrogens (tertiary/aromatic N) is 5. The van der Waals surface area contributed by atoms with E-state index in [1.807, 2.05) is 64.9 Å². The van der Waals surface area contributed by atoms with Crippen molar-refractivity contribution in [3.8, 4) is 0 Å². The van der Waals surface area contributed by atoms with E-state index in [0.717, 1.165) is 5.69 Å². The highest BCUT2D eigenvalue weighted by atomic mass is 35.5. The summed E-state index contributed by atoms with van der Waals surface area (Å²) in [6.07, 6.45) is 2.90. The summed E-state index contributed by atoms with van der Waals surface area (Å²) in [5.74, 6) is 0. The fourth-order valence-corrected chi connectivity index (χ4v) is 4.22. The minimum absolute atomic E-state index is 0.292. The Labute approximate surface area is 158 Å². The molecule has 0 heterocycles. The van der Waals surface area contributed by atoms with E-state index in [1.54, 1.807) is 0 Å². The Bertz CT molecular complexity index is 598. The summed E-state index contributed by atoms with van der Waals surface area (Å²) in [6, 6.07) is 5.48. The van der Waals surface area contributed by atoms with Gasteiger partial charge >= 0.3 is 0 Å². The maximum atomic E-state index is 8.40. The third-order valence-corrected chi connectivity index (χ3v) is 4.52. The van der Waals surface area contributed by atoms with Gasteiger partial charge in [-0.05, 0) is 39.8 Å². The van der Waals surface area contributed by atoms with Crippen molar-refractivity contribution in [1.29, 1.82) is 0 Å². The van der Waals surface area contributed by atoms with Crippen LogP contribution in [0.3, 0.4) is 0 Å². The molecule has 1 aromatic rings. The van der Waals surface area contributed by atoms with Crippen LogP contribution in [0, 0.1) is 0 Å². The highest BCUT2D eigenvalue weighted by molar-refractivity contribution is 8.03. The molecule has 0 aliphatic carbocycles. The van der Waals surface area contributed by atoms with Gasteiger partial charge in [0, 0.05) is 14.1 Å². The molecule has 0 bridgehead atoms. The molecular weight excluding hydrogens is 365 g/mol. The van der Waals surface area contributed by atoms with E-state index in [1.165, 1.54) is 24.2 Å². The van der Waals surface area contributed by atoms with Crippen molar-refractivity contribution in [2.24, 2.45) is 0 Å². The summed E-state index contributed by atoms with van der Waals surface area (Å²) in [6.45, 7) is 7.68. The normalized spacial score (nSPS) is 10.7. The molecule has 1 rings (SSSR count). The second kappa shape index (κ2) is 9.87. The lowest BCUT2D eigenvalue weighted by molar-refractivity contribution is -0.00127. The summed E-state index contributed by atoms with van der Waals surface area (Å²) >= 11 is 13.3. The zero-order valence-electron chi connectivity index (χ0n) is 14.8. The predicted molar refractivity (Wildman–Crippen MR) is 106 cm³/mol. The molecule has 0 aliphatic heterocycles. The van der Waals surface area contributed by atoms with E-state index in [-0.39, 0.29) is 9.49 Å². The first kappa shape index (κ1) is 22.7. The van der Waals surface area contributed by atoms with E-state index in [0.29, 0.717) is 10.0 Å². The summed E-state index contributed by atoms with van der Waals surface area (Å²) < 4.78 is -0.584. The molecule has 0 fully saturated rings. The smallest absolute Gasteiger partial charge is 0.272 e. The molecule has 0 radical (unpaired) electrons. The number of hydrogen-bond acceptors (Lipinski definition) is 2. The van der Waals surface area contributed by atoms with Crippen LogP contribution in [0.2, 0.25) is 10.0 Å². The van der Waals surface area contributed by atoms with Crippen LogP contribution < -0.4 is 4.90 Å². The quantitative estimate of drug-likeness (QED) is 0.407. The van der Waals surface area contributed by atoms with Gasteiger partial charge in [0.25, 0.3) is 12.4 Å². The monoisotopic (exact) mass is 387 g/mol. The van der Waals surface area contributed by atoms with Gasteiger partial charge in [0.05, 0.1) is 15.7 Å². The SMILES string of the molecule is CC(C)(C=[N+]=[N-])SC(C)(C)C=[N+]=[N-].CN(C)c1c(Cl)cccc1Cl. The second-order valence-corrected chi connectivity index (χ2v) is 9.39. The molecule has 0 aromatic heterocycles. The van der Waals surface area contributed by atoms with Crippen LogP contribution in [0.1, 0.15) is 27.7 Å². The van der Waals surface area contributed by atoms with Gasteiger partial charge in [-0.25, -0.2) is 0 Å². The van der Waals surface area contributed by atoms with E-state index in [9.17, 15) is 0 Å². The Morgan fingerprint density at radius 1 is 0.958 bits per heavy atom. The first-order valence-electron chi connectivity index (χ1n) is 7.14. The summed E-state index contributed by atoms with van der Waals surface area (Å²) in [5, 5.41) is 1.37. The van der Waals surface area contributed by atoms with E-state index in [2.05, 4.69) is 9.58 Å². The van der Waals surface area contributed by atoms with Crippen molar-refractivity contribution in [2.75, 3.05) is 19.0 Å². The van der Waals surface area contributed by atoms with Crippen LogP contribution in [-0.4, -0.2) is 45.6 Å². The Morgan fingerprint density at radius 3 is 1.58 bits per heavy atom. The lowest BCUT2D eigenvalue weighted by Crippen LogP contribution is -2.29. The highest BCUT2D eigenvalue weighted by Gasteiger charge is 2.32. The molecular formula is C16H23Cl2N5S. The number of thioether (sulfide) groups is 1. The first-order valence-corrected chi connectivity index (χ1v) is 8.71. The summed E-state index contributed by atoms with van der Waals surface area (Å²) in [5.41, 5.74) is 17.7. The Hall–Kier alpha value is -1.29. The van der Waals surface area contributed by atoms with Gasteiger partial charge in [0.15, 0.2) is 0 Å². The molecule has 24 heavy (non-hydrogen) atoms. The van der Waals surface area contributed by atoms with Crippen molar-refractivity contribution < 1.29 is 9.58 Å². The topological polar surface area (TPSA) is 76.0 Å². The number of rotatable bonds is 5. The fourth-order valence-electron chi connectivity index (χ4n) is 1.93. The summed E-state index contributed by atoms with van der Waals surface area (Å²) in [7, 11) is 3.82. The van der Waals surface area contributed by atoms with Gasteiger partial charge < -0.3 is 16.0 Å². The van der Waals surface area contributed by atoms with E-state index in [4.69, 9.17) is 34.3 Å². The van der Waals surface area contributed by atoms with Gasteiger partial charge in [-0.1, -0.05) is 29.3 Å². The molecule has 132 valence electrons. The van der Waals surface area contributed by atoms with Crippen molar-refractivity contribution in [3.05, 3.63) is 39.3 Å². The van der Waals surface area contributed by atoms with Gasteiger partial charge in [-0.2, -0.15) is 9.58 Å². The van der Waals surface area contributed by atoms with Crippen LogP contribution >= 0.6 is 35.0 Å². The molecule has 1 aromatic carbocycles. The van der Waals surface area contributed by atoms with Crippen molar-refractivity contribution in [3.63, 3.8) is 0 Å². The maximum absolute atomic E-state index is 8.40. The molecule has 0 aliphatic rings. The van der Waals surface area contributed by atoms with E-state index >= 15 is 0 Å². The lowest BCUT2D eigenvalue weighted by atomic mass is 10.2. The largest absolute Gasteiger partial charge is 0.375 e. The number of halogens is 2. The molecule has 0 unspecified atom stereocenters. The molecule has 0 atom stereocenters. The molecule has 0 saturated carbocycles. The van der Waals surface area contributed by atoms with E-state index < -0.39 is 0 Å². The molecule has 8 heteroatoms. The predicted octanol–water partition coefficient (Wildman–Crippen LogP) is 4.94. The summed E-state index contributed by atoms with van der Waals surface area (Å²) in [4.78, 5) is 7.89. The van der Waals surface area contributed by atoms with Gasteiger partial charge in [0.1, 0.15) is 9.49 Å². The van der Waals surface area contributed by atoms with Crippen LogP contribution in [-0.2, 0) is 0 Å². The number of para-hydroxylation sites is 1. The zero-order chi connectivity index (χ0) is 19.0. The van der Waals surface area contributed by atoms with Crippen molar-refractivity contribution in [2.45, 2.75) is 37.2 Å². The second-order valence-electron chi connectivity index (χ2n) is 6.26. The van der Waals surface area contributed by atoms with Crippen LogP contribution in [0.15, 0.2) is 18.2 Å². The van der Waals surface area contributed by atoms with Gasteiger partial charge in [-0.15, -0.1) is 11.8 Å².